The SMILES string of the molecule is CC(C)C(NC(=O)c1cccs1)C(=O)NC(C)C1CC1. The molecule has 0 bridgehead atoms. The molecule has 0 spiro atoms. The van der Waals surface area contributed by atoms with Gasteiger partial charge < -0.3 is 10.6 Å². The molecule has 2 atom stereocenters. The van der Waals surface area contributed by atoms with Crippen LogP contribution >= 0.6 is 11.3 Å². The van der Waals surface area contributed by atoms with Crippen molar-refractivity contribution in [3.63, 3.8) is 0 Å². The summed E-state index contributed by atoms with van der Waals surface area (Å²) in [6.45, 7) is 5.93. The van der Waals surface area contributed by atoms with E-state index in [0.29, 0.717) is 10.8 Å². The minimum Gasteiger partial charge on any atom is -0.352 e. The topological polar surface area (TPSA) is 58.2 Å². The second-order valence-electron chi connectivity index (χ2n) is 5.81. The molecule has 2 unspecified atom stereocenters. The van der Waals surface area contributed by atoms with E-state index in [1.165, 1.54) is 24.2 Å². The minimum absolute atomic E-state index is 0.0605. The molecule has 2 rings (SSSR count). The van der Waals surface area contributed by atoms with E-state index in [4.69, 9.17) is 0 Å². The molecule has 5 heteroatoms. The summed E-state index contributed by atoms with van der Waals surface area (Å²) in [6.07, 6.45) is 2.38. The van der Waals surface area contributed by atoms with Crippen LogP contribution in [-0.2, 0) is 4.79 Å². The summed E-state index contributed by atoms with van der Waals surface area (Å²) < 4.78 is 0. The molecule has 1 aromatic heterocycles. The summed E-state index contributed by atoms with van der Waals surface area (Å²) in [4.78, 5) is 25.0. The quantitative estimate of drug-likeness (QED) is 0.846. The van der Waals surface area contributed by atoms with E-state index in [2.05, 4.69) is 10.6 Å². The van der Waals surface area contributed by atoms with E-state index in [0.717, 1.165) is 0 Å². The Morgan fingerprint density at radius 1 is 1.25 bits per heavy atom. The van der Waals surface area contributed by atoms with E-state index in [1.807, 2.05) is 32.2 Å². The lowest BCUT2D eigenvalue weighted by Gasteiger charge is -2.23. The number of hydrogen-bond acceptors (Lipinski definition) is 3. The summed E-state index contributed by atoms with van der Waals surface area (Å²) in [6, 6.07) is 3.31. The van der Waals surface area contributed by atoms with Crippen molar-refractivity contribution in [2.75, 3.05) is 0 Å². The monoisotopic (exact) mass is 294 g/mol. The molecule has 0 aliphatic heterocycles. The first-order valence-corrected chi connectivity index (χ1v) is 8.01. The van der Waals surface area contributed by atoms with Gasteiger partial charge in [-0.2, -0.15) is 0 Å². The van der Waals surface area contributed by atoms with E-state index >= 15 is 0 Å². The van der Waals surface area contributed by atoms with Crippen LogP contribution in [0.4, 0.5) is 0 Å². The van der Waals surface area contributed by atoms with Crippen molar-refractivity contribution in [1.29, 1.82) is 0 Å². The third kappa shape index (κ3) is 3.82. The molecule has 4 nitrogen and oxygen atoms in total. The number of nitrogens with one attached hydrogen (secondary N) is 2. The number of amides is 2. The number of carbonyl (C=O) groups is 2. The van der Waals surface area contributed by atoms with Crippen LogP contribution in [0, 0.1) is 11.8 Å². The van der Waals surface area contributed by atoms with Crippen LogP contribution in [-0.4, -0.2) is 23.9 Å². The molecule has 1 fully saturated rings. The van der Waals surface area contributed by atoms with Crippen molar-refractivity contribution in [1.82, 2.24) is 10.6 Å². The molecule has 1 aliphatic rings. The molecule has 1 aromatic rings. The van der Waals surface area contributed by atoms with Gasteiger partial charge in [-0.1, -0.05) is 19.9 Å². The molecule has 0 aromatic carbocycles. The average Bonchev–Trinajstić information content (AvgIpc) is 3.10. The zero-order valence-electron chi connectivity index (χ0n) is 12.2. The maximum Gasteiger partial charge on any atom is 0.262 e. The summed E-state index contributed by atoms with van der Waals surface area (Å²) in [5.74, 6) is 0.419. The zero-order valence-corrected chi connectivity index (χ0v) is 13.0. The lowest BCUT2D eigenvalue weighted by atomic mass is 10.0. The fourth-order valence-electron chi connectivity index (χ4n) is 2.18. The van der Waals surface area contributed by atoms with Crippen LogP contribution in [0.25, 0.3) is 0 Å². The van der Waals surface area contributed by atoms with Crippen LogP contribution in [0.3, 0.4) is 0 Å². The Morgan fingerprint density at radius 3 is 2.45 bits per heavy atom. The Hall–Kier alpha value is -1.36. The van der Waals surface area contributed by atoms with Gasteiger partial charge in [0.05, 0.1) is 4.88 Å². The normalized spacial score (nSPS) is 17.6. The van der Waals surface area contributed by atoms with Crippen molar-refractivity contribution in [2.24, 2.45) is 11.8 Å². The standard InChI is InChI=1S/C15H22N2O2S/c1-9(2)13(15(19)16-10(3)11-6-7-11)17-14(18)12-5-4-8-20-12/h4-5,8-11,13H,6-7H2,1-3H3,(H,16,19)(H,17,18). The Bertz CT molecular complexity index is 466. The number of rotatable bonds is 6. The van der Waals surface area contributed by atoms with Crippen molar-refractivity contribution in [3.05, 3.63) is 22.4 Å². The minimum atomic E-state index is -0.481. The highest BCUT2D eigenvalue weighted by Gasteiger charge is 2.32. The lowest BCUT2D eigenvalue weighted by Crippen LogP contribution is -2.51. The summed E-state index contributed by atoms with van der Waals surface area (Å²) in [7, 11) is 0. The highest BCUT2D eigenvalue weighted by Crippen LogP contribution is 2.32. The molecule has 20 heavy (non-hydrogen) atoms. The molecule has 0 radical (unpaired) electrons. The summed E-state index contributed by atoms with van der Waals surface area (Å²) in [5.41, 5.74) is 0. The molecular formula is C15H22N2O2S. The fourth-order valence-corrected chi connectivity index (χ4v) is 2.81. The van der Waals surface area contributed by atoms with Gasteiger partial charge in [-0.25, -0.2) is 0 Å². The van der Waals surface area contributed by atoms with E-state index in [1.54, 1.807) is 6.07 Å². The van der Waals surface area contributed by atoms with Crippen LogP contribution in [0.15, 0.2) is 17.5 Å². The smallest absolute Gasteiger partial charge is 0.262 e. The van der Waals surface area contributed by atoms with Gasteiger partial charge in [0, 0.05) is 6.04 Å². The van der Waals surface area contributed by atoms with Gasteiger partial charge in [0.25, 0.3) is 5.91 Å². The molecule has 110 valence electrons. The van der Waals surface area contributed by atoms with Gasteiger partial charge in [-0.05, 0) is 43.0 Å². The molecule has 0 saturated heterocycles. The maximum absolute atomic E-state index is 12.3. The largest absolute Gasteiger partial charge is 0.352 e. The van der Waals surface area contributed by atoms with Crippen molar-refractivity contribution >= 4 is 23.2 Å². The Morgan fingerprint density at radius 2 is 1.95 bits per heavy atom. The average molecular weight is 294 g/mol. The van der Waals surface area contributed by atoms with E-state index in [9.17, 15) is 9.59 Å². The van der Waals surface area contributed by atoms with Crippen molar-refractivity contribution in [3.8, 4) is 0 Å². The second kappa shape index (κ2) is 6.39. The zero-order chi connectivity index (χ0) is 14.7. The predicted molar refractivity (Wildman–Crippen MR) is 80.7 cm³/mol. The first kappa shape index (κ1) is 15.0. The Labute approximate surface area is 124 Å². The predicted octanol–water partition coefficient (Wildman–Crippen LogP) is 2.42. The highest BCUT2D eigenvalue weighted by atomic mass is 32.1. The van der Waals surface area contributed by atoms with Crippen LogP contribution in [0.2, 0.25) is 0 Å². The van der Waals surface area contributed by atoms with Crippen LogP contribution < -0.4 is 10.6 Å². The molecule has 2 amide bonds. The maximum atomic E-state index is 12.3. The fraction of sp³-hybridized carbons (Fsp3) is 0.600. The van der Waals surface area contributed by atoms with Crippen molar-refractivity contribution < 1.29 is 9.59 Å². The van der Waals surface area contributed by atoms with Gasteiger partial charge in [0.2, 0.25) is 5.91 Å². The third-order valence-corrected chi connectivity index (χ3v) is 4.55. The third-order valence-electron chi connectivity index (χ3n) is 3.68. The molecule has 1 aliphatic carbocycles. The molecular weight excluding hydrogens is 272 g/mol. The van der Waals surface area contributed by atoms with Gasteiger partial charge in [-0.15, -0.1) is 11.3 Å². The van der Waals surface area contributed by atoms with Gasteiger partial charge >= 0.3 is 0 Å². The van der Waals surface area contributed by atoms with Crippen LogP contribution in [0.5, 0.6) is 0 Å². The number of thiophene rings is 1. The van der Waals surface area contributed by atoms with Gasteiger partial charge in [0.15, 0.2) is 0 Å². The van der Waals surface area contributed by atoms with Crippen LogP contribution in [0.1, 0.15) is 43.3 Å². The van der Waals surface area contributed by atoms with E-state index in [-0.39, 0.29) is 23.8 Å². The first-order valence-electron chi connectivity index (χ1n) is 7.13. The molecule has 1 heterocycles. The molecule has 1 saturated carbocycles. The Balaban J connectivity index is 1.95. The number of carbonyl (C=O) groups excluding carboxylic acids is 2. The van der Waals surface area contributed by atoms with E-state index < -0.39 is 6.04 Å². The summed E-state index contributed by atoms with van der Waals surface area (Å²) in [5, 5.41) is 7.72. The second-order valence-corrected chi connectivity index (χ2v) is 6.75. The van der Waals surface area contributed by atoms with Crippen molar-refractivity contribution in [2.45, 2.75) is 45.7 Å². The Kier molecular flexibility index (Phi) is 4.81. The lowest BCUT2D eigenvalue weighted by molar-refractivity contribution is -0.124. The van der Waals surface area contributed by atoms with Gasteiger partial charge in [-0.3, -0.25) is 9.59 Å². The van der Waals surface area contributed by atoms with Gasteiger partial charge in [0.1, 0.15) is 6.04 Å². The number of hydrogen-bond donors (Lipinski definition) is 2. The summed E-state index contributed by atoms with van der Waals surface area (Å²) >= 11 is 1.38. The first-order chi connectivity index (χ1) is 9.49. The highest BCUT2D eigenvalue weighted by molar-refractivity contribution is 7.12. The molecule has 2 N–H and O–H groups in total.